The zero-order valence-corrected chi connectivity index (χ0v) is 15.6. The molecule has 1 aromatic heterocycles. The van der Waals surface area contributed by atoms with Crippen molar-refractivity contribution in [2.45, 2.75) is 0 Å². The molecule has 144 valence electrons. The third-order valence-electron chi connectivity index (χ3n) is 4.98. The zero-order chi connectivity index (χ0) is 20.7. The van der Waals surface area contributed by atoms with E-state index in [1.165, 1.54) is 11.3 Å². The maximum Gasteiger partial charge on any atom is 0.347 e. The Bertz CT molecular complexity index is 1380. The van der Waals surface area contributed by atoms with Crippen LogP contribution < -0.4 is 10.6 Å². The van der Waals surface area contributed by atoms with Gasteiger partial charge in [0, 0.05) is 11.0 Å². The quantitative estimate of drug-likeness (QED) is 0.661. The van der Waals surface area contributed by atoms with Crippen LogP contribution in [-0.4, -0.2) is 11.5 Å². The Labute approximate surface area is 170 Å². The van der Waals surface area contributed by atoms with Crippen molar-refractivity contribution in [2.24, 2.45) is 11.0 Å². The van der Waals surface area contributed by atoms with Crippen molar-refractivity contribution in [3.8, 4) is 6.07 Å². The van der Waals surface area contributed by atoms with Gasteiger partial charge in [0.2, 0.25) is 0 Å². The van der Waals surface area contributed by atoms with Gasteiger partial charge in [0.05, 0.1) is 17.9 Å². The van der Waals surface area contributed by atoms with Gasteiger partial charge in [-0.15, -0.1) is 0 Å². The zero-order valence-electron chi connectivity index (χ0n) is 15.6. The monoisotopic (exact) mass is 394 g/mol. The number of para-hydroxylation sites is 2. The third-order valence-corrected chi connectivity index (χ3v) is 4.98. The predicted molar refractivity (Wildman–Crippen MR) is 113 cm³/mol. The summed E-state index contributed by atoms with van der Waals surface area (Å²) in [6.45, 7) is 0. The number of benzene rings is 2. The molecular formula is C23H14N4O3. The predicted octanol–water partition coefficient (Wildman–Crippen LogP) is 4.04. The number of fused-ring (bicyclic) bond motifs is 2. The molecule has 0 spiro atoms. The number of ether oxygens (including phenoxy) is 1. The highest BCUT2D eigenvalue weighted by atomic mass is 16.5. The van der Waals surface area contributed by atoms with Crippen molar-refractivity contribution in [3.05, 3.63) is 94.6 Å². The molecule has 0 radical (unpaired) electrons. The first-order valence-electron chi connectivity index (χ1n) is 9.20. The van der Waals surface area contributed by atoms with E-state index in [9.17, 15) is 10.1 Å². The molecule has 3 heterocycles. The minimum atomic E-state index is -0.591. The second kappa shape index (κ2) is 6.87. The molecule has 2 aromatic carbocycles. The third kappa shape index (κ3) is 2.79. The Balaban J connectivity index is 1.60. The Morgan fingerprint density at radius 2 is 1.87 bits per heavy atom. The topological polar surface area (TPSA) is 103 Å². The minimum Gasteiger partial charge on any atom is -0.464 e. The molecule has 1 N–H and O–H groups in total. The number of rotatable bonds is 2. The highest BCUT2D eigenvalue weighted by Crippen LogP contribution is 2.34. The number of anilines is 1. The van der Waals surface area contributed by atoms with Crippen LogP contribution in [0.3, 0.4) is 0 Å². The van der Waals surface area contributed by atoms with Crippen LogP contribution >= 0.6 is 0 Å². The van der Waals surface area contributed by atoms with Crippen LogP contribution in [0.4, 0.5) is 5.69 Å². The Morgan fingerprint density at radius 3 is 2.67 bits per heavy atom. The molecule has 2 aliphatic rings. The molecule has 0 amide bonds. The fourth-order valence-corrected chi connectivity index (χ4v) is 3.49. The van der Waals surface area contributed by atoms with E-state index in [1.807, 2.05) is 42.5 Å². The van der Waals surface area contributed by atoms with Gasteiger partial charge in [-0.05, 0) is 30.3 Å². The first kappa shape index (κ1) is 17.6. The average molecular weight is 394 g/mol. The van der Waals surface area contributed by atoms with E-state index < -0.39 is 11.5 Å². The molecule has 0 aliphatic carbocycles. The fourth-order valence-electron chi connectivity index (χ4n) is 3.49. The molecule has 0 bridgehead atoms. The van der Waals surface area contributed by atoms with Crippen LogP contribution in [0, 0.1) is 22.7 Å². The van der Waals surface area contributed by atoms with E-state index in [0.29, 0.717) is 16.8 Å². The molecule has 30 heavy (non-hydrogen) atoms. The van der Waals surface area contributed by atoms with Gasteiger partial charge in [-0.25, -0.2) is 9.80 Å². The van der Waals surface area contributed by atoms with E-state index in [2.05, 4.69) is 11.2 Å². The lowest BCUT2D eigenvalue weighted by Gasteiger charge is -2.32. The number of nitrogens with one attached hydrogen (secondary N) is 1. The lowest BCUT2D eigenvalue weighted by atomic mass is 9.90. The van der Waals surface area contributed by atoms with E-state index in [4.69, 9.17) is 14.6 Å². The summed E-state index contributed by atoms with van der Waals surface area (Å²) in [4.78, 5) is 12.5. The molecule has 5 rings (SSSR count). The molecular weight excluding hydrogens is 380 g/mol. The Kier molecular flexibility index (Phi) is 4.04. The number of hydrogen-bond donors (Lipinski definition) is 1. The van der Waals surface area contributed by atoms with E-state index in [-0.39, 0.29) is 22.9 Å². The van der Waals surface area contributed by atoms with Crippen LogP contribution in [-0.2, 0) is 4.74 Å². The van der Waals surface area contributed by atoms with Gasteiger partial charge in [0.15, 0.2) is 5.71 Å². The first-order valence-corrected chi connectivity index (χ1v) is 9.20. The van der Waals surface area contributed by atoms with Gasteiger partial charge < -0.3 is 9.15 Å². The molecule has 1 unspecified atom stereocenters. The van der Waals surface area contributed by atoms with Gasteiger partial charge in [-0.1, -0.05) is 36.4 Å². The fraction of sp³-hybridized carbons (Fsp3) is 0.0435. The van der Waals surface area contributed by atoms with Gasteiger partial charge in [-0.3, -0.25) is 5.41 Å². The van der Waals surface area contributed by atoms with Crippen molar-refractivity contribution in [1.82, 2.24) is 0 Å². The molecule has 0 saturated heterocycles. The number of amidine groups is 1. The molecule has 2 aliphatic heterocycles. The van der Waals surface area contributed by atoms with Crippen LogP contribution in [0.15, 0.2) is 92.9 Å². The van der Waals surface area contributed by atoms with Crippen molar-refractivity contribution in [2.75, 3.05) is 5.01 Å². The number of nitriles is 1. The molecule has 3 aromatic rings. The van der Waals surface area contributed by atoms with Crippen molar-refractivity contribution in [3.63, 3.8) is 0 Å². The van der Waals surface area contributed by atoms with E-state index >= 15 is 0 Å². The summed E-state index contributed by atoms with van der Waals surface area (Å²) in [6.07, 6.45) is 3.04. The molecule has 0 fully saturated rings. The summed E-state index contributed by atoms with van der Waals surface area (Å²) in [6, 6.07) is 20.1. The summed E-state index contributed by atoms with van der Waals surface area (Å²) >= 11 is 0. The standard InChI is InChI=1S/C23H14N4O3/c24-12-19-18-13-29-21(17-10-14-6-4-5-9-20(14)30-23(17)28)11-16(18)22(25)27(26-19)15-7-2-1-3-8-15/h1-11,13,16,25H. The Hall–Kier alpha value is -4.44. The molecule has 0 saturated carbocycles. The normalized spacial score (nSPS) is 18.0. The first-order chi connectivity index (χ1) is 14.7. The van der Waals surface area contributed by atoms with E-state index in [0.717, 1.165) is 5.39 Å². The number of nitrogens with zero attached hydrogens (tertiary/aromatic N) is 3. The van der Waals surface area contributed by atoms with Gasteiger partial charge >= 0.3 is 5.63 Å². The maximum absolute atomic E-state index is 12.5. The summed E-state index contributed by atoms with van der Waals surface area (Å²) in [5.41, 5.74) is 1.50. The van der Waals surface area contributed by atoms with Gasteiger partial charge in [0.25, 0.3) is 0 Å². The van der Waals surface area contributed by atoms with Gasteiger partial charge in [-0.2, -0.15) is 10.4 Å². The van der Waals surface area contributed by atoms with E-state index in [1.54, 1.807) is 24.3 Å². The Morgan fingerprint density at radius 1 is 1.10 bits per heavy atom. The summed E-state index contributed by atoms with van der Waals surface area (Å²) in [5.74, 6) is -0.162. The highest BCUT2D eigenvalue weighted by molar-refractivity contribution is 6.21. The van der Waals surface area contributed by atoms with Crippen LogP contribution in [0.2, 0.25) is 0 Å². The van der Waals surface area contributed by atoms with Crippen molar-refractivity contribution in [1.29, 1.82) is 10.7 Å². The summed E-state index contributed by atoms with van der Waals surface area (Å²) in [5, 5.41) is 24.7. The van der Waals surface area contributed by atoms with Crippen LogP contribution in [0.5, 0.6) is 0 Å². The van der Waals surface area contributed by atoms with Gasteiger partial charge in [0.1, 0.15) is 28.8 Å². The van der Waals surface area contributed by atoms with Crippen LogP contribution in [0.25, 0.3) is 16.7 Å². The SMILES string of the molecule is N#CC1=NN(c2ccccc2)C(=N)C2C=C(c3cc4ccccc4oc3=O)OC=C12. The second-order valence-electron chi connectivity index (χ2n) is 6.78. The maximum atomic E-state index is 12.5. The van der Waals surface area contributed by atoms with Crippen LogP contribution in [0.1, 0.15) is 5.56 Å². The molecule has 7 nitrogen and oxygen atoms in total. The van der Waals surface area contributed by atoms with Crippen molar-refractivity contribution >= 4 is 34.0 Å². The smallest absolute Gasteiger partial charge is 0.347 e. The molecule has 7 heteroatoms. The number of hydrogen-bond acceptors (Lipinski definition) is 6. The lowest BCUT2D eigenvalue weighted by Crippen LogP contribution is -2.40. The highest BCUT2D eigenvalue weighted by Gasteiger charge is 2.35. The minimum absolute atomic E-state index is 0.150. The summed E-state index contributed by atoms with van der Waals surface area (Å²) in [7, 11) is 0. The molecule has 1 atom stereocenters. The lowest BCUT2D eigenvalue weighted by molar-refractivity contribution is 0.415. The average Bonchev–Trinajstić information content (AvgIpc) is 2.79. The summed E-state index contributed by atoms with van der Waals surface area (Å²) < 4.78 is 11.1. The largest absolute Gasteiger partial charge is 0.464 e. The number of hydrazone groups is 1. The van der Waals surface area contributed by atoms with Crippen molar-refractivity contribution < 1.29 is 9.15 Å². The second-order valence-corrected chi connectivity index (χ2v) is 6.78.